The molecule has 26 heavy (non-hydrogen) atoms. The van der Waals surface area contributed by atoms with Crippen LogP contribution in [0.3, 0.4) is 0 Å². The molecule has 0 bridgehead atoms. The van der Waals surface area contributed by atoms with E-state index in [0.29, 0.717) is 38.7 Å². The first-order chi connectivity index (χ1) is 12.3. The number of hydrogen-bond donors (Lipinski definition) is 2. The number of urea groups is 1. The summed E-state index contributed by atoms with van der Waals surface area (Å²) >= 11 is 0. The van der Waals surface area contributed by atoms with Crippen LogP contribution in [0.1, 0.15) is 30.9 Å². The highest BCUT2D eigenvalue weighted by molar-refractivity contribution is 5.74. The zero-order valence-corrected chi connectivity index (χ0v) is 15.8. The van der Waals surface area contributed by atoms with Crippen LogP contribution in [0.4, 0.5) is 4.79 Å². The van der Waals surface area contributed by atoms with Crippen LogP contribution in [0.25, 0.3) is 0 Å². The third-order valence-electron chi connectivity index (χ3n) is 4.41. The molecule has 7 nitrogen and oxygen atoms in total. The molecule has 0 spiro atoms. The minimum absolute atomic E-state index is 0.0434. The standard InChI is InChI=1S/C19H29N3O4/c1-14(2)16-6-4-5-15(9-16)10-20-19(25)22-7-8-26-17(12-22)11-21(3)13-18(23)24/h4-6,9,14,17H,7-8,10-13H2,1-3H3,(H,20,25)(H,23,24). The molecule has 1 fully saturated rings. The van der Waals surface area contributed by atoms with E-state index in [1.54, 1.807) is 16.8 Å². The lowest BCUT2D eigenvalue weighted by Crippen LogP contribution is -2.52. The van der Waals surface area contributed by atoms with Gasteiger partial charge < -0.3 is 20.1 Å². The minimum Gasteiger partial charge on any atom is -0.480 e. The van der Waals surface area contributed by atoms with E-state index in [9.17, 15) is 9.59 Å². The maximum Gasteiger partial charge on any atom is 0.317 e. The Morgan fingerprint density at radius 1 is 1.42 bits per heavy atom. The van der Waals surface area contributed by atoms with Crippen LogP contribution < -0.4 is 5.32 Å². The number of nitrogens with zero attached hydrogens (tertiary/aromatic N) is 2. The van der Waals surface area contributed by atoms with Crippen molar-refractivity contribution in [2.24, 2.45) is 0 Å². The largest absolute Gasteiger partial charge is 0.480 e. The maximum atomic E-state index is 12.5. The fraction of sp³-hybridized carbons (Fsp3) is 0.579. The van der Waals surface area contributed by atoms with E-state index in [0.717, 1.165) is 5.56 Å². The summed E-state index contributed by atoms with van der Waals surface area (Å²) < 4.78 is 5.66. The first-order valence-corrected chi connectivity index (χ1v) is 8.98. The summed E-state index contributed by atoms with van der Waals surface area (Å²) in [6.07, 6.45) is -0.178. The SMILES string of the molecule is CC(C)c1cccc(CNC(=O)N2CCOC(CN(C)CC(=O)O)C2)c1. The van der Waals surface area contributed by atoms with Gasteiger partial charge in [-0.3, -0.25) is 9.69 Å². The number of likely N-dealkylation sites (N-methyl/N-ethyl adjacent to an activating group) is 1. The highest BCUT2D eigenvalue weighted by Gasteiger charge is 2.25. The van der Waals surface area contributed by atoms with Crippen LogP contribution in [-0.2, 0) is 16.1 Å². The van der Waals surface area contributed by atoms with Crippen LogP contribution in [0, 0.1) is 0 Å². The summed E-state index contributed by atoms with van der Waals surface area (Å²) in [7, 11) is 1.73. The van der Waals surface area contributed by atoms with Gasteiger partial charge in [0.1, 0.15) is 0 Å². The number of benzene rings is 1. The predicted molar refractivity (Wildman–Crippen MR) is 99.2 cm³/mol. The molecule has 2 rings (SSSR count). The number of nitrogens with one attached hydrogen (secondary N) is 1. The Kier molecular flexibility index (Phi) is 7.41. The Morgan fingerprint density at radius 3 is 2.88 bits per heavy atom. The van der Waals surface area contributed by atoms with Crippen LogP contribution >= 0.6 is 0 Å². The summed E-state index contributed by atoms with van der Waals surface area (Å²) in [6, 6.07) is 8.12. The lowest BCUT2D eigenvalue weighted by Gasteiger charge is -2.34. The van der Waals surface area contributed by atoms with Gasteiger partial charge in [-0.1, -0.05) is 38.1 Å². The number of rotatable bonds is 7. The molecule has 1 saturated heterocycles. The van der Waals surface area contributed by atoms with Crippen molar-refractivity contribution >= 4 is 12.0 Å². The summed E-state index contributed by atoms with van der Waals surface area (Å²) in [5, 5.41) is 11.8. The van der Waals surface area contributed by atoms with E-state index in [4.69, 9.17) is 9.84 Å². The van der Waals surface area contributed by atoms with Crippen molar-refractivity contribution in [3.63, 3.8) is 0 Å². The maximum absolute atomic E-state index is 12.5. The van der Waals surface area contributed by atoms with Gasteiger partial charge >= 0.3 is 12.0 Å². The van der Waals surface area contributed by atoms with Crippen molar-refractivity contribution in [2.45, 2.75) is 32.4 Å². The fourth-order valence-electron chi connectivity index (χ4n) is 3.01. The van der Waals surface area contributed by atoms with Crippen LogP contribution in [0.15, 0.2) is 24.3 Å². The molecule has 0 radical (unpaired) electrons. The lowest BCUT2D eigenvalue weighted by molar-refractivity contribution is -0.138. The normalized spacial score (nSPS) is 17.6. The topological polar surface area (TPSA) is 82.1 Å². The number of carboxylic acids is 1. The molecule has 2 N–H and O–H groups in total. The van der Waals surface area contributed by atoms with E-state index >= 15 is 0 Å². The van der Waals surface area contributed by atoms with Crippen LogP contribution in [0.2, 0.25) is 0 Å². The Labute approximate surface area is 154 Å². The van der Waals surface area contributed by atoms with Crippen molar-refractivity contribution in [1.29, 1.82) is 0 Å². The molecule has 1 heterocycles. The Morgan fingerprint density at radius 2 is 2.19 bits per heavy atom. The number of hydrogen-bond acceptors (Lipinski definition) is 4. The molecule has 0 saturated carbocycles. The Hall–Kier alpha value is -2.12. The van der Waals surface area contributed by atoms with Gasteiger partial charge in [-0.2, -0.15) is 0 Å². The molecule has 1 aromatic carbocycles. The highest BCUT2D eigenvalue weighted by Crippen LogP contribution is 2.15. The molecule has 2 amide bonds. The second-order valence-corrected chi connectivity index (χ2v) is 7.09. The smallest absolute Gasteiger partial charge is 0.317 e. The van der Waals surface area contributed by atoms with Gasteiger partial charge in [0, 0.05) is 26.2 Å². The van der Waals surface area contributed by atoms with Gasteiger partial charge in [0.25, 0.3) is 0 Å². The number of ether oxygens (including phenoxy) is 1. The highest BCUT2D eigenvalue weighted by atomic mass is 16.5. The Balaban J connectivity index is 1.83. The number of morpholine rings is 1. The van der Waals surface area contributed by atoms with E-state index in [1.807, 2.05) is 12.1 Å². The second kappa shape index (κ2) is 9.54. The first-order valence-electron chi connectivity index (χ1n) is 8.98. The zero-order chi connectivity index (χ0) is 19.1. The van der Waals surface area contributed by atoms with E-state index in [1.165, 1.54) is 5.56 Å². The monoisotopic (exact) mass is 363 g/mol. The van der Waals surface area contributed by atoms with Gasteiger partial charge in [0.05, 0.1) is 19.3 Å². The van der Waals surface area contributed by atoms with E-state index < -0.39 is 5.97 Å². The summed E-state index contributed by atoms with van der Waals surface area (Å²) in [6.45, 7) is 6.67. The molecular weight excluding hydrogens is 334 g/mol. The molecule has 0 aromatic heterocycles. The molecule has 1 aliphatic heterocycles. The van der Waals surface area contributed by atoms with Gasteiger partial charge in [-0.05, 0) is 24.1 Å². The summed E-state index contributed by atoms with van der Waals surface area (Å²) in [5.41, 5.74) is 2.33. The number of carboxylic acid groups (broad SMARTS) is 1. The summed E-state index contributed by atoms with van der Waals surface area (Å²) in [4.78, 5) is 26.6. The minimum atomic E-state index is -0.874. The lowest BCUT2D eigenvalue weighted by atomic mass is 10.0. The molecule has 1 atom stereocenters. The van der Waals surface area contributed by atoms with Crippen molar-refractivity contribution < 1.29 is 19.4 Å². The van der Waals surface area contributed by atoms with Crippen molar-refractivity contribution in [1.82, 2.24) is 15.1 Å². The fourth-order valence-corrected chi connectivity index (χ4v) is 3.01. The third kappa shape index (κ3) is 6.31. The van der Waals surface area contributed by atoms with E-state index in [2.05, 4.69) is 31.3 Å². The van der Waals surface area contributed by atoms with Gasteiger partial charge in [-0.15, -0.1) is 0 Å². The molecule has 144 valence electrons. The number of carbonyl (C=O) groups excluding carboxylic acids is 1. The number of carbonyl (C=O) groups is 2. The predicted octanol–water partition coefficient (Wildman–Crippen LogP) is 1.74. The molecular formula is C19H29N3O4. The first kappa shape index (κ1) is 20.2. The average Bonchev–Trinajstić information content (AvgIpc) is 2.59. The molecule has 0 aliphatic carbocycles. The van der Waals surface area contributed by atoms with Crippen molar-refractivity contribution in [2.75, 3.05) is 39.8 Å². The zero-order valence-electron chi connectivity index (χ0n) is 15.8. The summed E-state index contributed by atoms with van der Waals surface area (Å²) in [5.74, 6) is -0.421. The number of aliphatic carboxylic acids is 1. The van der Waals surface area contributed by atoms with Gasteiger partial charge in [0.15, 0.2) is 0 Å². The second-order valence-electron chi connectivity index (χ2n) is 7.09. The van der Waals surface area contributed by atoms with Gasteiger partial charge in [0.2, 0.25) is 0 Å². The third-order valence-corrected chi connectivity index (χ3v) is 4.41. The van der Waals surface area contributed by atoms with Crippen molar-refractivity contribution in [3.05, 3.63) is 35.4 Å². The molecule has 7 heteroatoms. The average molecular weight is 363 g/mol. The molecule has 1 aliphatic rings. The molecule has 1 aromatic rings. The Bertz CT molecular complexity index is 621. The van der Waals surface area contributed by atoms with Gasteiger partial charge in [-0.25, -0.2) is 4.79 Å². The van der Waals surface area contributed by atoms with Crippen molar-refractivity contribution in [3.8, 4) is 0 Å². The quantitative estimate of drug-likeness (QED) is 0.771. The van der Waals surface area contributed by atoms with E-state index in [-0.39, 0.29) is 18.7 Å². The van der Waals surface area contributed by atoms with Crippen LogP contribution in [-0.4, -0.2) is 72.8 Å². The number of amides is 2. The molecule has 1 unspecified atom stereocenters. The van der Waals surface area contributed by atoms with Crippen LogP contribution in [0.5, 0.6) is 0 Å².